The maximum atomic E-state index is 13.6. The molecule has 4 aliphatic carbocycles. The molecule has 5 aliphatic rings. The zero-order valence-corrected chi connectivity index (χ0v) is 17.3. The van der Waals surface area contributed by atoms with Gasteiger partial charge in [-0.3, -0.25) is 9.59 Å². The molecule has 4 bridgehead atoms. The number of para-hydroxylation sites is 1. The number of carbonyl (C=O) groups is 3. The van der Waals surface area contributed by atoms with E-state index in [0.29, 0.717) is 36.4 Å². The van der Waals surface area contributed by atoms with E-state index < -0.39 is 12.0 Å². The van der Waals surface area contributed by atoms with Gasteiger partial charge in [0.1, 0.15) is 6.04 Å². The number of amides is 2. The number of nitrogens with one attached hydrogen (secondary N) is 1. The Bertz CT molecular complexity index is 802. The lowest BCUT2D eigenvalue weighted by atomic mass is 9.49. The fourth-order valence-corrected chi connectivity index (χ4v) is 6.88. The summed E-state index contributed by atoms with van der Waals surface area (Å²) in [6.07, 6.45) is 8.28. The summed E-state index contributed by atoms with van der Waals surface area (Å²) < 4.78 is 5.31. The fourth-order valence-electron chi connectivity index (χ4n) is 6.88. The van der Waals surface area contributed by atoms with E-state index in [9.17, 15) is 14.4 Å². The van der Waals surface area contributed by atoms with Crippen LogP contribution in [0.15, 0.2) is 30.3 Å². The minimum absolute atomic E-state index is 0.176. The molecule has 0 unspecified atom stereocenters. The lowest BCUT2D eigenvalue weighted by Crippen LogP contribution is -2.56. The lowest BCUT2D eigenvalue weighted by Gasteiger charge is -2.56. The van der Waals surface area contributed by atoms with Gasteiger partial charge in [-0.15, -0.1) is 0 Å². The third-order valence-corrected chi connectivity index (χ3v) is 7.68. The number of likely N-dealkylation sites (tertiary alicyclic amines) is 1. The number of carbonyl (C=O) groups excluding carboxylic acids is 3. The summed E-state index contributed by atoms with van der Waals surface area (Å²) in [4.78, 5) is 40.3. The van der Waals surface area contributed by atoms with Crippen molar-refractivity contribution < 1.29 is 19.1 Å². The van der Waals surface area contributed by atoms with Gasteiger partial charge in [0.05, 0.1) is 5.41 Å². The zero-order chi connectivity index (χ0) is 20.7. The highest BCUT2D eigenvalue weighted by molar-refractivity contribution is 5.94. The summed E-state index contributed by atoms with van der Waals surface area (Å²) in [5.41, 5.74) is 0.417. The largest absolute Gasteiger partial charge is 0.454 e. The van der Waals surface area contributed by atoms with Crippen LogP contribution in [0, 0.1) is 23.2 Å². The van der Waals surface area contributed by atoms with Gasteiger partial charge in [0.2, 0.25) is 5.91 Å². The van der Waals surface area contributed by atoms with Gasteiger partial charge in [0.25, 0.3) is 5.91 Å². The van der Waals surface area contributed by atoms with Crippen LogP contribution in [0.2, 0.25) is 0 Å². The van der Waals surface area contributed by atoms with Crippen molar-refractivity contribution >= 4 is 23.5 Å². The van der Waals surface area contributed by atoms with E-state index in [2.05, 4.69) is 5.32 Å². The van der Waals surface area contributed by atoms with Crippen LogP contribution in [0.25, 0.3) is 0 Å². The van der Waals surface area contributed by atoms with Crippen LogP contribution in [-0.4, -0.2) is 41.9 Å². The number of hydrogen-bond acceptors (Lipinski definition) is 4. The van der Waals surface area contributed by atoms with Gasteiger partial charge >= 0.3 is 5.97 Å². The average molecular weight is 411 g/mol. The van der Waals surface area contributed by atoms with Crippen LogP contribution in [0.4, 0.5) is 5.69 Å². The topological polar surface area (TPSA) is 75.7 Å². The normalized spacial score (nSPS) is 34.1. The van der Waals surface area contributed by atoms with E-state index in [1.165, 1.54) is 19.3 Å². The van der Waals surface area contributed by atoms with E-state index in [1.807, 2.05) is 18.2 Å². The van der Waals surface area contributed by atoms with E-state index >= 15 is 0 Å². The van der Waals surface area contributed by atoms with Crippen LogP contribution in [0.1, 0.15) is 51.4 Å². The monoisotopic (exact) mass is 410 g/mol. The average Bonchev–Trinajstić information content (AvgIpc) is 3.21. The Morgan fingerprint density at radius 3 is 2.27 bits per heavy atom. The van der Waals surface area contributed by atoms with Gasteiger partial charge in [-0.25, -0.2) is 4.79 Å². The smallest absolute Gasteiger partial charge is 0.329 e. The van der Waals surface area contributed by atoms with Crippen LogP contribution < -0.4 is 5.32 Å². The van der Waals surface area contributed by atoms with Crippen molar-refractivity contribution in [1.29, 1.82) is 0 Å². The number of benzene rings is 1. The molecule has 1 atom stereocenters. The van der Waals surface area contributed by atoms with Crippen LogP contribution in [0.3, 0.4) is 0 Å². The molecule has 6 heteroatoms. The predicted octanol–water partition coefficient (Wildman–Crippen LogP) is 3.38. The Labute approximate surface area is 177 Å². The SMILES string of the molecule is O=C(COC(=O)[C@@H]1CCCN1C(=O)C12CC3CC(CC(C3)C1)C2)Nc1ccccc1. The highest BCUT2D eigenvalue weighted by Crippen LogP contribution is 2.60. The second-order valence-electron chi connectivity index (χ2n) is 9.88. The molecule has 5 fully saturated rings. The summed E-state index contributed by atoms with van der Waals surface area (Å²) in [5.74, 6) is 1.43. The standard InChI is InChI=1S/C24H30N2O4/c27-21(25-19-5-2-1-3-6-19)15-30-22(28)20-7-4-8-26(20)23(29)24-12-16-9-17(13-24)11-18(10-16)14-24/h1-3,5-6,16-18,20H,4,7-15H2,(H,25,27)/t16?,17?,18?,20-,24?/m0/s1. The number of rotatable bonds is 5. The van der Waals surface area contributed by atoms with Crippen LogP contribution in [0.5, 0.6) is 0 Å². The molecule has 4 saturated carbocycles. The van der Waals surface area contributed by atoms with Gasteiger partial charge in [-0.1, -0.05) is 18.2 Å². The molecular weight excluding hydrogens is 380 g/mol. The Hall–Kier alpha value is -2.37. The van der Waals surface area contributed by atoms with Gasteiger partial charge in [-0.05, 0) is 81.3 Å². The first-order chi connectivity index (χ1) is 14.5. The first-order valence-corrected chi connectivity index (χ1v) is 11.3. The van der Waals surface area contributed by atoms with Gasteiger partial charge in [0.15, 0.2) is 6.61 Å². The van der Waals surface area contributed by atoms with E-state index in [0.717, 1.165) is 25.7 Å². The van der Waals surface area contributed by atoms with E-state index in [1.54, 1.807) is 17.0 Å². The molecule has 30 heavy (non-hydrogen) atoms. The second kappa shape index (κ2) is 7.71. The minimum atomic E-state index is -0.546. The third-order valence-electron chi connectivity index (χ3n) is 7.68. The summed E-state index contributed by atoms with van der Waals surface area (Å²) in [7, 11) is 0. The molecule has 1 saturated heterocycles. The first-order valence-electron chi connectivity index (χ1n) is 11.3. The van der Waals surface area contributed by atoms with Gasteiger partial charge < -0.3 is 15.0 Å². The summed E-state index contributed by atoms with van der Waals surface area (Å²) in [6, 6.07) is 8.54. The molecule has 0 radical (unpaired) electrons. The Morgan fingerprint density at radius 2 is 1.63 bits per heavy atom. The Morgan fingerprint density at radius 1 is 1.00 bits per heavy atom. The maximum Gasteiger partial charge on any atom is 0.329 e. The molecule has 160 valence electrons. The number of nitrogens with zero attached hydrogens (tertiary/aromatic N) is 1. The number of ether oxygens (including phenoxy) is 1. The number of anilines is 1. The second-order valence-corrected chi connectivity index (χ2v) is 9.88. The summed E-state index contributed by atoms with van der Waals surface area (Å²) in [5, 5.41) is 2.71. The Kier molecular flexibility index (Phi) is 5.03. The molecule has 6 rings (SSSR count). The van der Waals surface area contributed by atoms with Gasteiger partial charge in [-0.2, -0.15) is 0 Å². The molecule has 1 heterocycles. The van der Waals surface area contributed by atoms with Crippen LogP contribution >= 0.6 is 0 Å². The van der Waals surface area contributed by atoms with Crippen molar-refractivity contribution in [3.8, 4) is 0 Å². The molecule has 2 amide bonds. The van der Waals surface area contributed by atoms with Crippen molar-refractivity contribution in [1.82, 2.24) is 4.90 Å². The zero-order valence-electron chi connectivity index (χ0n) is 17.3. The molecule has 1 aromatic rings. The summed E-state index contributed by atoms with van der Waals surface area (Å²) >= 11 is 0. The number of esters is 1. The predicted molar refractivity (Wildman–Crippen MR) is 111 cm³/mol. The highest BCUT2D eigenvalue weighted by Gasteiger charge is 2.57. The van der Waals surface area contributed by atoms with Gasteiger partial charge in [0, 0.05) is 12.2 Å². The highest BCUT2D eigenvalue weighted by atomic mass is 16.5. The van der Waals surface area contributed by atoms with Crippen molar-refractivity contribution in [3.05, 3.63) is 30.3 Å². The first kappa shape index (κ1) is 19.6. The quantitative estimate of drug-likeness (QED) is 0.755. The number of hydrogen-bond donors (Lipinski definition) is 1. The van der Waals surface area contributed by atoms with E-state index in [4.69, 9.17) is 4.74 Å². The molecular formula is C24H30N2O4. The van der Waals surface area contributed by atoms with Crippen molar-refractivity contribution in [2.24, 2.45) is 23.2 Å². The summed E-state index contributed by atoms with van der Waals surface area (Å²) in [6.45, 7) is 0.292. The third kappa shape index (κ3) is 3.61. The maximum absolute atomic E-state index is 13.6. The minimum Gasteiger partial charge on any atom is -0.454 e. The lowest BCUT2D eigenvalue weighted by molar-refractivity contribution is -0.165. The molecule has 1 aliphatic heterocycles. The molecule has 0 aromatic heterocycles. The molecule has 6 nitrogen and oxygen atoms in total. The fraction of sp³-hybridized carbons (Fsp3) is 0.625. The van der Waals surface area contributed by atoms with Crippen molar-refractivity contribution in [2.45, 2.75) is 57.4 Å². The van der Waals surface area contributed by atoms with Crippen molar-refractivity contribution in [3.63, 3.8) is 0 Å². The Balaban J connectivity index is 1.20. The molecule has 0 spiro atoms. The van der Waals surface area contributed by atoms with E-state index in [-0.39, 0.29) is 23.8 Å². The van der Waals surface area contributed by atoms with Crippen molar-refractivity contribution in [2.75, 3.05) is 18.5 Å². The van der Waals surface area contributed by atoms with Crippen LogP contribution in [-0.2, 0) is 19.1 Å². The molecule has 1 aromatic carbocycles. The molecule has 1 N–H and O–H groups in total.